The van der Waals surface area contributed by atoms with Gasteiger partial charge in [-0.25, -0.2) is 14.8 Å². The number of aliphatic hydroxyl groups is 1. The first-order valence-corrected chi connectivity index (χ1v) is 6.33. The van der Waals surface area contributed by atoms with Crippen LogP contribution in [-0.4, -0.2) is 40.3 Å². The molecule has 0 unspecified atom stereocenters. The van der Waals surface area contributed by atoms with E-state index in [2.05, 4.69) is 20.0 Å². The molecule has 0 atom stereocenters. The topological polar surface area (TPSA) is 84.3 Å². The van der Waals surface area contributed by atoms with E-state index in [-0.39, 0.29) is 12.4 Å². The quantitative estimate of drug-likeness (QED) is 0.760. The maximum atomic E-state index is 11.5. The molecule has 0 radical (unpaired) electrons. The molecule has 0 aliphatic heterocycles. The van der Waals surface area contributed by atoms with Crippen molar-refractivity contribution in [3.8, 4) is 0 Å². The zero-order chi connectivity index (χ0) is 14.5. The minimum atomic E-state index is -0.575. The van der Waals surface area contributed by atoms with E-state index in [0.717, 1.165) is 12.8 Å². The van der Waals surface area contributed by atoms with Crippen LogP contribution in [0.2, 0.25) is 0 Å². The van der Waals surface area contributed by atoms with Crippen LogP contribution in [0.15, 0.2) is 6.07 Å². The molecular weight excluding hydrogens is 246 g/mol. The second kappa shape index (κ2) is 6.47. The summed E-state index contributed by atoms with van der Waals surface area (Å²) in [6.45, 7) is 5.75. The van der Waals surface area contributed by atoms with Crippen molar-refractivity contribution in [3.63, 3.8) is 0 Å². The number of nitrogens with one attached hydrogen (secondary N) is 1. The number of aryl methyl sites for hydroxylation is 1. The van der Waals surface area contributed by atoms with E-state index in [9.17, 15) is 9.90 Å². The fourth-order valence-corrected chi connectivity index (χ4v) is 1.78. The largest absolute Gasteiger partial charge is 0.463 e. The zero-order valence-electron chi connectivity index (χ0n) is 11.9. The van der Waals surface area contributed by atoms with Crippen molar-refractivity contribution in [2.24, 2.45) is 0 Å². The fraction of sp³-hybridized carbons (Fsp3) is 0.615. The number of hydrogen-bond acceptors (Lipinski definition) is 6. The number of hydrogen-bond donors (Lipinski definition) is 2. The normalized spacial score (nSPS) is 11.2. The third-order valence-electron chi connectivity index (χ3n) is 3.27. The molecule has 0 bridgehead atoms. The monoisotopic (exact) mass is 267 g/mol. The van der Waals surface area contributed by atoms with Crippen LogP contribution in [0.4, 0.5) is 5.82 Å². The summed E-state index contributed by atoms with van der Waals surface area (Å²) in [5, 5.41) is 12.7. The van der Waals surface area contributed by atoms with Gasteiger partial charge in [-0.15, -0.1) is 0 Å². The van der Waals surface area contributed by atoms with Crippen molar-refractivity contribution in [1.82, 2.24) is 9.97 Å². The number of aliphatic hydroxyl groups excluding tert-OH is 1. The SMILES string of the molecule is CCC(CC)(CO)Nc1cc(C)nc(C(=O)OC)n1. The van der Waals surface area contributed by atoms with Gasteiger partial charge in [0.1, 0.15) is 5.82 Å². The molecule has 1 rings (SSSR count). The Hall–Kier alpha value is -1.69. The molecule has 0 saturated carbocycles. The summed E-state index contributed by atoms with van der Waals surface area (Å²) >= 11 is 0. The molecule has 6 heteroatoms. The number of anilines is 1. The van der Waals surface area contributed by atoms with Crippen LogP contribution in [-0.2, 0) is 4.74 Å². The van der Waals surface area contributed by atoms with E-state index in [1.165, 1.54) is 7.11 Å². The van der Waals surface area contributed by atoms with Crippen molar-refractivity contribution in [2.75, 3.05) is 19.0 Å². The summed E-state index contributed by atoms with van der Waals surface area (Å²) in [4.78, 5) is 19.6. The number of ether oxygens (including phenoxy) is 1. The van der Waals surface area contributed by atoms with Gasteiger partial charge in [-0.3, -0.25) is 0 Å². The molecule has 1 aromatic rings. The predicted octanol–water partition coefficient (Wildman–Crippen LogP) is 1.53. The second-order valence-electron chi connectivity index (χ2n) is 4.48. The molecule has 106 valence electrons. The number of carbonyl (C=O) groups excluding carboxylic acids is 1. The average molecular weight is 267 g/mol. The Kier molecular flexibility index (Phi) is 5.23. The number of rotatable bonds is 6. The van der Waals surface area contributed by atoms with Gasteiger partial charge < -0.3 is 15.2 Å². The van der Waals surface area contributed by atoms with Crippen molar-refractivity contribution >= 4 is 11.8 Å². The maximum absolute atomic E-state index is 11.5. The number of methoxy groups -OCH3 is 1. The van der Waals surface area contributed by atoms with Crippen molar-refractivity contribution in [1.29, 1.82) is 0 Å². The molecule has 0 saturated heterocycles. The van der Waals surface area contributed by atoms with Crippen LogP contribution in [0.3, 0.4) is 0 Å². The van der Waals surface area contributed by atoms with Gasteiger partial charge in [0.15, 0.2) is 0 Å². The minimum Gasteiger partial charge on any atom is -0.463 e. The van der Waals surface area contributed by atoms with Crippen LogP contribution in [0, 0.1) is 6.92 Å². The summed E-state index contributed by atoms with van der Waals surface area (Å²) in [6.07, 6.45) is 1.49. The number of esters is 1. The Bertz CT molecular complexity index is 436. The highest BCUT2D eigenvalue weighted by atomic mass is 16.5. The fourth-order valence-electron chi connectivity index (χ4n) is 1.78. The molecule has 1 heterocycles. The molecule has 0 fully saturated rings. The highest BCUT2D eigenvalue weighted by Crippen LogP contribution is 2.21. The number of carbonyl (C=O) groups is 1. The summed E-state index contributed by atoms with van der Waals surface area (Å²) < 4.78 is 4.61. The lowest BCUT2D eigenvalue weighted by Crippen LogP contribution is -2.41. The third-order valence-corrected chi connectivity index (χ3v) is 3.27. The van der Waals surface area contributed by atoms with Crippen molar-refractivity contribution in [2.45, 2.75) is 39.2 Å². The van der Waals surface area contributed by atoms with E-state index in [0.29, 0.717) is 11.5 Å². The van der Waals surface area contributed by atoms with Crippen LogP contribution >= 0.6 is 0 Å². The van der Waals surface area contributed by atoms with Crippen molar-refractivity contribution < 1.29 is 14.6 Å². The molecular formula is C13H21N3O3. The summed E-state index contributed by atoms with van der Waals surface area (Å²) in [6, 6.07) is 1.74. The van der Waals surface area contributed by atoms with Crippen LogP contribution in [0.1, 0.15) is 43.0 Å². The van der Waals surface area contributed by atoms with E-state index in [1.54, 1.807) is 13.0 Å². The van der Waals surface area contributed by atoms with Gasteiger partial charge in [0, 0.05) is 11.8 Å². The van der Waals surface area contributed by atoms with Crippen LogP contribution < -0.4 is 5.32 Å². The van der Waals surface area contributed by atoms with Gasteiger partial charge in [-0.05, 0) is 19.8 Å². The molecule has 0 aliphatic rings. The van der Waals surface area contributed by atoms with Gasteiger partial charge in [0.2, 0.25) is 5.82 Å². The number of nitrogens with zero attached hydrogens (tertiary/aromatic N) is 2. The maximum Gasteiger partial charge on any atom is 0.376 e. The summed E-state index contributed by atoms with van der Waals surface area (Å²) in [5.74, 6) is -0.0379. The Balaban J connectivity index is 3.07. The molecule has 1 aromatic heterocycles. The second-order valence-corrected chi connectivity index (χ2v) is 4.48. The van der Waals surface area contributed by atoms with E-state index >= 15 is 0 Å². The molecule has 19 heavy (non-hydrogen) atoms. The van der Waals surface area contributed by atoms with Crippen molar-refractivity contribution in [3.05, 3.63) is 17.6 Å². The Labute approximate surface area is 113 Å². The Morgan fingerprint density at radius 3 is 2.53 bits per heavy atom. The lowest BCUT2D eigenvalue weighted by Gasteiger charge is -2.31. The molecule has 6 nitrogen and oxygen atoms in total. The van der Waals surface area contributed by atoms with E-state index in [1.807, 2.05) is 13.8 Å². The Morgan fingerprint density at radius 2 is 2.05 bits per heavy atom. The van der Waals surface area contributed by atoms with Gasteiger partial charge in [-0.1, -0.05) is 13.8 Å². The molecule has 0 aliphatic carbocycles. The molecule has 0 amide bonds. The predicted molar refractivity (Wildman–Crippen MR) is 72.1 cm³/mol. The lowest BCUT2D eigenvalue weighted by molar-refractivity contribution is 0.0586. The minimum absolute atomic E-state index is 0.00337. The van der Waals surface area contributed by atoms with Gasteiger partial charge >= 0.3 is 5.97 Å². The first-order valence-electron chi connectivity index (χ1n) is 6.33. The van der Waals surface area contributed by atoms with Gasteiger partial charge in [0.25, 0.3) is 0 Å². The smallest absolute Gasteiger partial charge is 0.376 e. The van der Waals surface area contributed by atoms with Crippen LogP contribution in [0.5, 0.6) is 0 Å². The summed E-state index contributed by atoms with van der Waals surface area (Å²) in [7, 11) is 1.29. The highest BCUT2D eigenvalue weighted by molar-refractivity contribution is 5.85. The Morgan fingerprint density at radius 1 is 1.42 bits per heavy atom. The third kappa shape index (κ3) is 3.64. The van der Waals surface area contributed by atoms with Gasteiger partial charge in [0.05, 0.1) is 19.3 Å². The molecule has 0 spiro atoms. The van der Waals surface area contributed by atoms with E-state index < -0.39 is 11.5 Å². The summed E-state index contributed by atoms with van der Waals surface area (Å²) in [5.41, 5.74) is 0.228. The molecule has 2 N–H and O–H groups in total. The molecule has 0 aromatic carbocycles. The highest BCUT2D eigenvalue weighted by Gasteiger charge is 2.26. The first-order chi connectivity index (χ1) is 9.00. The van der Waals surface area contributed by atoms with Gasteiger partial charge in [-0.2, -0.15) is 0 Å². The standard InChI is InChI=1S/C13H21N3O3/c1-5-13(6-2,8-17)16-10-7-9(3)14-11(15-10)12(18)19-4/h7,17H,5-6,8H2,1-4H3,(H,14,15,16). The van der Waals surface area contributed by atoms with Crippen LogP contribution in [0.25, 0.3) is 0 Å². The zero-order valence-corrected chi connectivity index (χ0v) is 11.9. The number of aromatic nitrogens is 2. The van der Waals surface area contributed by atoms with E-state index in [4.69, 9.17) is 0 Å². The average Bonchev–Trinajstić information content (AvgIpc) is 2.43. The lowest BCUT2D eigenvalue weighted by atomic mass is 9.94. The first kappa shape index (κ1) is 15.4.